The maximum Gasteiger partial charge on any atom is 0.416 e. The Morgan fingerprint density at radius 2 is 1.70 bits per heavy atom. The van der Waals surface area contributed by atoms with Gasteiger partial charge in [0.2, 0.25) is 5.91 Å². The van der Waals surface area contributed by atoms with Crippen LogP contribution in [0, 0.1) is 31.4 Å². The number of amides is 1. The second-order valence-electron chi connectivity index (χ2n) is 14.1. The summed E-state index contributed by atoms with van der Waals surface area (Å²) in [6.45, 7) is 14.6. The first-order valence-electron chi connectivity index (χ1n) is 18.2. The first-order chi connectivity index (χ1) is 25.4. The van der Waals surface area contributed by atoms with Crippen molar-refractivity contribution in [1.82, 2.24) is 14.8 Å². The van der Waals surface area contributed by atoms with Gasteiger partial charge in [-0.2, -0.15) is 13.2 Å². The lowest BCUT2D eigenvalue weighted by Crippen LogP contribution is -2.40. The summed E-state index contributed by atoms with van der Waals surface area (Å²) in [5.41, 5.74) is 0.394. The molecule has 2 aromatic carbocycles. The van der Waals surface area contributed by atoms with Gasteiger partial charge in [-0.25, -0.2) is 8.78 Å². The molecule has 1 N–H and O–H groups in total. The number of nitrogens with zero attached hydrogens (tertiary/aromatic N) is 2. The molecule has 7 nitrogen and oxygen atoms in total. The van der Waals surface area contributed by atoms with Crippen LogP contribution in [0.5, 0.6) is 0 Å². The molecule has 1 aromatic heterocycles. The molecular formula is C42H52F5N3O4. The Labute approximate surface area is 314 Å². The number of aromatic nitrogens is 1. The number of unbranched alkanes of at least 4 members (excludes halogenated alkanes) is 2. The molecule has 0 radical (unpaired) electrons. The largest absolute Gasteiger partial charge is 0.466 e. The molecule has 1 unspecified atom stereocenters. The number of carbonyl (C=O) groups excluding carboxylic acids is 2. The molecule has 54 heavy (non-hydrogen) atoms. The number of benzene rings is 2. The number of hydrogen-bond donors (Lipinski definition) is 1. The van der Waals surface area contributed by atoms with Gasteiger partial charge in [0.15, 0.2) is 0 Å². The second kappa shape index (κ2) is 19.7. The van der Waals surface area contributed by atoms with Gasteiger partial charge in [-0.05, 0) is 137 Å². The Morgan fingerprint density at radius 3 is 2.31 bits per heavy atom. The fourth-order valence-corrected chi connectivity index (χ4v) is 6.94. The second-order valence-corrected chi connectivity index (χ2v) is 14.1. The maximum atomic E-state index is 16.2. The Kier molecular flexibility index (Phi) is 16.0. The minimum atomic E-state index is -4.82. The smallest absolute Gasteiger partial charge is 0.416 e. The van der Waals surface area contributed by atoms with Gasteiger partial charge in [0.25, 0.3) is 5.56 Å². The van der Waals surface area contributed by atoms with E-state index in [1.165, 1.54) is 31.2 Å². The van der Waals surface area contributed by atoms with Crippen LogP contribution < -0.4 is 10.9 Å². The Balaban J connectivity index is 2.17. The van der Waals surface area contributed by atoms with Crippen LogP contribution in [0.15, 0.2) is 66.6 Å². The molecule has 0 fully saturated rings. The molecule has 3 rings (SSSR count). The van der Waals surface area contributed by atoms with Gasteiger partial charge in [-0.1, -0.05) is 19.1 Å². The highest BCUT2D eigenvalue weighted by Crippen LogP contribution is 2.36. The van der Waals surface area contributed by atoms with Crippen molar-refractivity contribution in [3.05, 3.63) is 117 Å². The SMILES string of the molecule is C=CCCCCc1cc(F)cc(C)c1-c1cc(C)c(F)c([C@H](CC(=O)OCC)NC(=O)[C@H](CC=C)n2cc(CC(C)CN(C)C)c(C(F)(F)F)cc2=O)c1. The summed E-state index contributed by atoms with van der Waals surface area (Å²) < 4.78 is 79.4. The Morgan fingerprint density at radius 1 is 1.00 bits per heavy atom. The molecule has 0 bridgehead atoms. The van der Waals surface area contributed by atoms with E-state index in [1.807, 2.05) is 11.0 Å². The van der Waals surface area contributed by atoms with Crippen LogP contribution in [0.1, 0.15) is 91.4 Å². The number of aryl methyl sites for hydroxylation is 3. The minimum Gasteiger partial charge on any atom is -0.466 e. The average Bonchev–Trinajstić information content (AvgIpc) is 3.06. The van der Waals surface area contributed by atoms with Gasteiger partial charge in [0, 0.05) is 24.4 Å². The topological polar surface area (TPSA) is 80.6 Å². The maximum absolute atomic E-state index is 16.2. The highest BCUT2D eigenvalue weighted by atomic mass is 19.4. The van der Waals surface area contributed by atoms with Crippen molar-refractivity contribution < 1.29 is 36.3 Å². The summed E-state index contributed by atoms with van der Waals surface area (Å²) in [5, 5.41) is 2.71. The fraction of sp³-hybridized carbons (Fsp3) is 0.452. The van der Waals surface area contributed by atoms with Crippen molar-refractivity contribution in [2.24, 2.45) is 5.92 Å². The van der Waals surface area contributed by atoms with E-state index in [9.17, 15) is 31.9 Å². The van der Waals surface area contributed by atoms with Gasteiger partial charge in [-0.3, -0.25) is 14.4 Å². The van der Waals surface area contributed by atoms with Crippen molar-refractivity contribution in [1.29, 1.82) is 0 Å². The number of esters is 1. The van der Waals surface area contributed by atoms with Crippen LogP contribution in [-0.4, -0.2) is 48.6 Å². The van der Waals surface area contributed by atoms with Crippen LogP contribution in [0.25, 0.3) is 11.1 Å². The zero-order chi connectivity index (χ0) is 40.3. The molecule has 0 saturated heterocycles. The summed E-state index contributed by atoms with van der Waals surface area (Å²) in [6.07, 6.45) is 1.63. The summed E-state index contributed by atoms with van der Waals surface area (Å²) >= 11 is 0. The van der Waals surface area contributed by atoms with Crippen LogP contribution in [0.3, 0.4) is 0 Å². The molecule has 3 atom stereocenters. The normalized spacial score (nSPS) is 13.3. The lowest BCUT2D eigenvalue weighted by molar-refractivity contribution is -0.144. The first-order valence-corrected chi connectivity index (χ1v) is 18.2. The van der Waals surface area contributed by atoms with E-state index in [2.05, 4.69) is 18.5 Å². The first kappa shape index (κ1) is 43.8. The quantitative estimate of drug-likeness (QED) is 0.0572. The Bertz CT molecular complexity index is 1870. The average molecular weight is 758 g/mol. The lowest BCUT2D eigenvalue weighted by Gasteiger charge is -2.26. The van der Waals surface area contributed by atoms with Gasteiger partial charge in [0.1, 0.15) is 17.7 Å². The number of allylic oxidation sites excluding steroid dienone is 2. The molecule has 1 heterocycles. The number of hydrogen-bond acceptors (Lipinski definition) is 5. The summed E-state index contributed by atoms with van der Waals surface area (Å²) in [6, 6.07) is 3.75. The molecule has 0 aliphatic carbocycles. The van der Waals surface area contributed by atoms with E-state index in [0.29, 0.717) is 41.3 Å². The molecule has 1 amide bonds. The molecule has 0 aliphatic heterocycles. The Hall–Kier alpha value is -4.58. The molecule has 0 saturated carbocycles. The van der Waals surface area contributed by atoms with Crippen molar-refractivity contribution in [2.45, 2.75) is 90.9 Å². The van der Waals surface area contributed by atoms with Crippen LogP contribution in [0.4, 0.5) is 22.0 Å². The molecule has 0 spiro atoms. The highest BCUT2D eigenvalue weighted by Gasteiger charge is 2.36. The number of nitrogens with one attached hydrogen (secondary N) is 1. The van der Waals surface area contributed by atoms with Crippen LogP contribution in [0.2, 0.25) is 0 Å². The van der Waals surface area contributed by atoms with Crippen LogP contribution >= 0.6 is 0 Å². The van der Waals surface area contributed by atoms with Crippen molar-refractivity contribution in [3.63, 3.8) is 0 Å². The number of halogens is 5. The van der Waals surface area contributed by atoms with Gasteiger partial charge < -0.3 is 19.5 Å². The summed E-state index contributed by atoms with van der Waals surface area (Å²) in [4.78, 5) is 42.2. The number of ether oxygens (including phenoxy) is 1. The lowest BCUT2D eigenvalue weighted by atomic mass is 9.88. The third-order valence-corrected chi connectivity index (χ3v) is 9.17. The zero-order valence-corrected chi connectivity index (χ0v) is 32.0. The van der Waals surface area contributed by atoms with Crippen molar-refractivity contribution in [3.8, 4) is 11.1 Å². The van der Waals surface area contributed by atoms with E-state index in [0.717, 1.165) is 30.0 Å². The summed E-state index contributed by atoms with van der Waals surface area (Å²) in [7, 11) is 3.59. The molecule has 294 valence electrons. The molecule has 3 aromatic rings. The predicted molar refractivity (Wildman–Crippen MR) is 202 cm³/mol. The van der Waals surface area contributed by atoms with Crippen molar-refractivity contribution >= 4 is 11.9 Å². The fourth-order valence-electron chi connectivity index (χ4n) is 6.94. The van der Waals surface area contributed by atoms with Gasteiger partial charge >= 0.3 is 12.1 Å². The number of rotatable bonds is 19. The monoisotopic (exact) mass is 757 g/mol. The number of pyridine rings is 1. The van der Waals surface area contributed by atoms with Crippen LogP contribution in [-0.2, 0) is 33.3 Å². The standard InChI is InChI=1S/C42H52F5N3O4/c1-9-12-13-14-16-29-20-32(43)19-27(5)39(29)30-18-28(6)40(44)33(21-30)35(23-38(52)54-11-3)48-41(53)36(15-10-2)50-25-31(17-26(4)24-49(7)8)34(22-37(50)51)42(45,46)47/h9-10,18-22,25-26,35-36H,1-2,11-17,23-24H2,3-8H3,(H,48,53)/t26?,35-,36-/m0/s1. The molecule has 0 aliphatic rings. The number of carbonyl (C=O) groups is 2. The molecule has 12 heteroatoms. The van der Waals surface area contributed by atoms with E-state index in [1.54, 1.807) is 40.9 Å². The summed E-state index contributed by atoms with van der Waals surface area (Å²) in [5.74, 6) is -2.94. The van der Waals surface area contributed by atoms with E-state index in [-0.39, 0.29) is 42.1 Å². The van der Waals surface area contributed by atoms with E-state index >= 15 is 4.39 Å². The van der Waals surface area contributed by atoms with Crippen molar-refractivity contribution in [2.75, 3.05) is 27.2 Å². The molecular weight excluding hydrogens is 705 g/mol. The zero-order valence-electron chi connectivity index (χ0n) is 32.0. The predicted octanol–water partition coefficient (Wildman–Crippen LogP) is 9.00. The van der Waals surface area contributed by atoms with E-state index in [4.69, 9.17) is 4.74 Å². The van der Waals surface area contributed by atoms with E-state index < -0.39 is 59.3 Å². The third kappa shape index (κ3) is 11.7. The van der Waals surface area contributed by atoms with Gasteiger partial charge in [0.05, 0.1) is 24.6 Å². The highest BCUT2D eigenvalue weighted by molar-refractivity contribution is 5.82. The number of alkyl halides is 3. The minimum absolute atomic E-state index is 0.0140. The van der Waals surface area contributed by atoms with Gasteiger partial charge in [-0.15, -0.1) is 13.2 Å². The third-order valence-electron chi connectivity index (χ3n) is 9.17.